The summed E-state index contributed by atoms with van der Waals surface area (Å²) in [5.41, 5.74) is 9.48. The summed E-state index contributed by atoms with van der Waals surface area (Å²) in [7, 11) is 0. The summed E-state index contributed by atoms with van der Waals surface area (Å²) in [6.45, 7) is 2.71. The van der Waals surface area contributed by atoms with Crippen LogP contribution in [0.2, 0.25) is 0 Å². The molecule has 1 aromatic carbocycles. The summed E-state index contributed by atoms with van der Waals surface area (Å²) < 4.78 is 7.60. The highest BCUT2D eigenvalue weighted by atomic mass is 16.5. The lowest BCUT2D eigenvalue weighted by atomic mass is 10.1. The van der Waals surface area contributed by atoms with Gasteiger partial charge in [-0.1, -0.05) is 23.9 Å². The van der Waals surface area contributed by atoms with Gasteiger partial charge in [0.05, 0.1) is 6.54 Å². The van der Waals surface area contributed by atoms with Gasteiger partial charge in [-0.15, -0.1) is 0 Å². The number of aryl methyl sites for hydroxylation is 2. The zero-order chi connectivity index (χ0) is 22.3. The Labute approximate surface area is 186 Å². The molecule has 0 saturated heterocycles. The normalized spacial score (nSPS) is 10.5. The number of nitrogens with two attached hydrogens (primary N) is 1. The van der Waals surface area contributed by atoms with Crippen LogP contribution < -0.4 is 5.73 Å². The van der Waals surface area contributed by atoms with E-state index in [0.29, 0.717) is 25.1 Å². The van der Waals surface area contributed by atoms with E-state index in [1.165, 1.54) is 0 Å². The molecule has 3 heterocycles. The third-order valence-corrected chi connectivity index (χ3v) is 4.98. The van der Waals surface area contributed by atoms with E-state index in [4.69, 9.17) is 10.3 Å². The van der Waals surface area contributed by atoms with Crippen molar-refractivity contribution in [1.82, 2.24) is 19.7 Å². The Balaban J connectivity index is 1.40. The van der Waals surface area contributed by atoms with E-state index in [1.807, 2.05) is 48.7 Å². The molecule has 0 atom stereocenters. The van der Waals surface area contributed by atoms with E-state index < -0.39 is 0 Å². The fourth-order valence-electron chi connectivity index (χ4n) is 3.26. The molecule has 0 unspecified atom stereocenters. The lowest BCUT2D eigenvalue weighted by molar-refractivity contribution is -0.118. The number of nitrogens with zero attached hydrogens (tertiary/aromatic N) is 4. The van der Waals surface area contributed by atoms with Gasteiger partial charge in [0.15, 0.2) is 5.76 Å². The Morgan fingerprint density at radius 3 is 2.56 bits per heavy atom. The molecule has 0 aliphatic heterocycles. The number of carbonyl (C=O) groups is 1. The highest BCUT2D eigenvalue weighted by molar-refractivity contribution is 5.73. The number of hydrogen-bond donors (Lipinski definition) is 1. The number of carbonyl (C=O) groups excluding carboxylic acids is 1. The number of rotatable bonds is 7. The zero-order valence-electron chi connectivity index (χ0n) is 17.8. The topological polar surface area (TPSA) is 99.8 Å². The van der Waals surface area contributed by atoms with Gasteiger partial charge in [-0.3, -0.25) is 9.78 Å². The Kier molecular flexibility index (Phi) is 6.42. The quantitative estimate of drug-likeness (QED) is 0.458. The van der Waals surface area contributed by atoms with Crippen molar-refractivity contribution in [2.24, 2.45) is 5.73 Å². The summed E-state index contributed by atoms with van der Waals surface area (Å²) >= 11 is 0. The van der Waals surface area contributed by atoms with Crippen LogP contribution in [0.1, 0.15) is 41.7 Å². The third kappa shape index (κ3) is 5.29. The van der Waals surface area contributed by atoms with Crippen LogP contribution in [0.5, 0.6) is 0 Å². The molecule has 4 aromatic rings. The molecule has 1 amide bonds. The summed E-state index contributed by atoms with van der Waals surface area (Å²) in [5, 5.41) is 4.19. The molecule has 3 aromatic heterocycles. The molecule has 4 rings (SSSR count). The van der Waals surface area contributed by atoms with Crippen molar-refractivity contribution >= 4 is 5.91 Å². The second-order valence-corrected chi connectivity index (χ2v) is 7.34. The van der Waals surface area contributed by atoms with Crippen LogP contribution in [0.4, 0.5) is 0 Å². The van der Waals surface area contributed by atoms with Crippen molar-refractivity contribution in [2.75, 3.05) is 0 Å². The van der Waals surface area contributed by atoms with Crippen LogP contribution >= 0.6 is 0 Å². The second kappa shape index (κ2) is 9.75. The van der Waals surface area contributed by atoms with E-state index in [2.05, 4.69) is 38.5 Å². The minimum Gasteiger partial charge on any atom is -0.370 e. The molecule has 0 radical (unpaired) electrons. The number of benzene rings is 1. The SMILES string of the molecule is CCc1nccn1Cc1cc(-c2ccc(C#Cc3ccc(CCC(N)=O)nc3)cc2)on1. The van der Waals surface area contributed by atoms with E-state index in [0.717, 1.165) is 40.3 Å². The molecule has 0 saturated carbocycles. The van der Waals surface area contributed by atoms with Gasteiger partial charge in [0, 0.05) is 59.9 Å². The number of primary amides is 1. The van der Waals surface area contributed by atoms with Gasteiger partial charge in [0.25, 0.3) is 0 Å². The smallest absolute Gasteiger partial charge is 0.217 e. The Morgan fingerprint density at radius 2 is 1.84 bits per heavy atom. The van der Waals surface area contributed by atoms with Crippen molar-refractivity contribution in [3.05, 3.63) is 89.4 Å². The molecule has 0 fully saturated rings. The van der Waals surface area contributed by atoms with Crippen LogP contribution in [0.25, 0.3) is 11.3 Å². The number of pyridine rings is 1. The minimum atomic E-state index is -0.329. The first-order valence-electron chi connectivity index (χ1n) is 10.4. The standard InChI is InChI=1S/C25H23N5O2/c1-2-25-27-13-14-30(25)17-22-15-23(32-29-22)20-8-5-18(6-9-20)3-4-19-7-10-21(28-16-19)11-12-24(26)31/h5-10,13-16H,2,11-12,17H2,1H3,(H2,26,31). The molecule has 7 heteroatoms. The average molecular weight is 425 g/mol. The second-order valence-electron chi connectivity index (χ2n) is 7.34. The van der Waals surface area contributed by atoms with Crippen molar-refractivity contribution in [1.29, 1.82) is 0 Å². The maximum atomic E-state index is 10.9. The monoisotopic (exact) mass is 425 g/mol. The number of aromatic nitrogens is 4. The maximum Gasteiger partial charge on any atom is 0.217 e. The first kappa shape index (κ1) is 21.1. The predicted molar refractivity (Wildman–Crippen MR) is 120 cm³/mol. The molecule has 32 heavy (non-hydrogen) atoms. The summed E-state index contributed by atoms with van der Waals surface area (Å²) in [5.74, 6) is 7.65. The first-order chi connectivity index (χ1) is 15.6. The van der Waals surface area contributed by atoms with E-state index >= 15 is 0 Å². The van der Waals surface area contributed by atoms with Crippen LogP contribution in [0.3, 0.4) is 0 Å². The third-order valence-electron chi connectivity index (χ3n) is 4.98. The van der Waals surface area contributed by atoms with E-state index in [9.17, 15) is 4.79 Å². The fraction of sp³-hybridized carbons (Fsp3) is 0.200. The lowest BCUT2D eigenvalue weighted by Gasteiger charge is -2.02. The summed E-state index contributed by atoms with van der Waals surface area (Å²) in [6, 6.07) is 13.5. The van der Waals surface area contributed by atoms with Crippen molar-refractivity contribution < 1.29 is 9.32 Å². The summed E-state index contributed by atoms with van der Waals surface area (Å²) in [4.78, 5) is 19.5. The van der Waals surface area contributed by atoms with E-state index in [-0.39, 0.29) is 5.91 Å². The van der Waals surface area contributed by atoms with Gasteiger partial charge in [0.1, 0.15) is 11.5 Å². The van der Waals surface area contributed by atoms with Gasteiger partial charge < -0.3 is 14.8 Å². The summed E-state index contributed by atoms with van der Waals surface area (Å²) in [6.07, 6.45) is 7.16. The minimum absolute atomic E-state index is 0.292. The van der Waals surface area contributed by atoms with Crippen LogP contribution in [-0.2, 0) is 24.2 Å². The van der Waals surface area contributed by atoms with Gasteiger partial charge in [-0.25, -0.2) is 4.98 Å². The Hall–Kier alpha value is -4.18. The molecular formula is C25H23N5O2. The average Bonchev–Trinajstić information content (AvgIpc) is 3.47. The lowest BCUT2D eigenvalue weighted by Crippen LogP contribution is -2.11. The highest BCUT2D eigenvalue weighted by Crippen LogP contribution is 2.21. The molecule has 0 spiro atoms. The largest absolute Gasteiger partial charge is 0.370 e. The number of hydrogen-bond acceptors (Lipinski definition) is 5. The Morgan fingerprint density at radius 1 is 1.06 bits per heavy atom. The number of amides is 1. The molecule has 160 valence electrons. The van der Waals surface area contributed by atoms with Crippen molar-refractivity contribution in [3.8, 4) is 23.2 Å². The van der Waals surface area contributed by atoms with Crippen LogP contribution in [0.15, 0.2) is 65.6 Å². The molecular weight excluding hydrogens is 402 g/mol. The maximum absolute atomic E-state index is 10.9. The molecule has 2 N–H and O–H groups in total. The molecule has 0 bridgehead atoms. The highest BCUT2D eigenvalue weighted by Gasteiger charge is 2.09. The van der Waals surface area contributed by atoms with Crippen LogP contribution in [-0.4, -0.2) is 25.6 Å². The van der Waals surface area contributed by atoms with E-state index in [1.54, 1.807) is 12.4 Å². The van der Waals surface area contributed by atoms with Gasteiger partial charge in [-0.2, -0.15) is 0 Å². The molecule has 0 aliphatic carbocycles. The number of imidazole rings is 1. The first-order valence-corrected chi connectivity index (χ1v) is 10.4. The fourth-order valence-corrected chi connectivity index (χ4v) is 3.26. The molecule has 7 nitrogen and oxygen atoms in total. The zero-order valence-corrected chi connectivity index (χ0v) is 17.8. The van der Waals surface area contributed by atoms with Gasteiger partial charge in [0.2, 0.25) is 5.91 Å². The van der Waals surface area contributed by atoms with Gasteiger partial charge >= 0.3 is 0 Å². The Bertz CT molecular complexity index is 1260. The predicted octanol–water partition coefficient (Wildman–Crippen LogP) is 3.36. The van der Waals surface area contributed by atoms with Crippen molar-refractivity contribution in [3.63, 3.8) is 0 Å². The van der Waals surface area contributed by atoms with Crippen LogP contribution in [0, 0.1) is 11.8 Å². The van der Waals surface area contributed by atoms with Crippen molar-refractivity contribution in [2.45, 2.75) is 32.7 Å². The van der Waals surface area contributed by atoms with Gasteiger partial charge in [-0.05, 0) is 42.8 Å². The molecule has 0 aliphatic rings.